The lowest BCUT2D eigenvalue weighted by Crippen LogP contribution is -2.39. The summed E-state index contributed by atoms with van der Waals surface area (Å²) in [5.74, 6) is -0.0462. The molecule has 1 aromatic carbocycles. The molecule has 2 heterocycles. The highest BCUT2D eigenvalue weighted by Crippen LogP contribution is 2.27. The van der Waals surface area contributed by atoms with Gasteiger partial charge in [-0.15, -0.1) is 0 Å². The molecule has 1 aromatic rings. The van der Waals surface area contributed by atoms with E-state index in [9.17, 15) is 9.59 Å². The number of benzene rings is 1. The van der Waals surface area contributed by atoms with Gasteiger partial charge in [-0.1, -0.05) is 29.3 Å². The third-order valence-electron chi connectivity index (χ3n) is 4.42. The third kappa shape index (κ3) is 4.75. The van der Waals surface area contributed by atoms with Crippen LogP contribution >= 0.6 is 23.2 Å². The Kier molecular flexibility index (Phi) is 5.37. The van der Waals surface area contributed by atoms with E-state index in [2.05, 4.69) is 0 Å². The molecule has 2 saturated heterocycles. The maximum atomic E-state index is 12.4. The molecule has 2 fully saturated rings. The van der Waals surface area contributed by atoms with Crippen molar-refractivity contribution in [3.8, 4) is 0 Å². The van der Waals surface area contributed by atoms with Gasteiger partial charge >= 0.3 is 0 Å². The third-order valence-corrected chi connectivity index (χ3v) is 5.16. The van der Waals surface area contributed by atoms with E-state index in [4.69, 9.17) is 27.9 Å². The van der Waals surface area contributed by atoms with Gasteiger partial charge in [0.15, 0.2) is 0 Å². The van der Waals surface area contributed by atoms with Crippen LogP contribution in [0.2, 0.25) is 10.0 Å². The number of nitrogens with zero attached hydrogens (tertiary/aromatic N) is 2. The van der Waals surface area contributed by atoms with Crippen LogP contribution < -0.4 is 0 Å². The van der Waals surface area contributed by atoms with Gasteiger partial charge in [0.25, 0.3) is 0 Å². The van der Waals surface area contributed by atoms with Gasteiger partial charge in [0.1, 0.15) is 5.60 Å². The summed E-state index contributed by atoms with van der Waals surface area (Å²) in [4.78, 5) is 28.1. The molecule has 0 aromatic heterocycles. The minimum Gasteiger partial charge on any atom is -0.368 e. The van der Waals surface area contributed by atoms with Crippen LogP contribution in [-0.4, -0.2) is 60.0 Å². The van der Waals surface area contributed by atoms with Gasteiger partial charge in [-0.25, -0.2) is 0 Å². The average Bonchev–Trinajstić information content (AvgIpc) is 3.33. The smallest absolute Gasteiger partial charge is 0.246 e. The van der Waals surface area contributed by atoms with Crippen LogP contribution in [0.25, 0.3) is 6.08 Å². The highest BCUT2D eigenvalue weighted by molar-refractivity contribution is 6.42. The zero-order valence-electron chi connectivity index (χ0n) is 14.0. The maximum Gasteiger partial charge on any atom is 0.246 e. The van der Waals surface area contributed by atoms with Crippen molar-refractivity contribution < 1.29 is 14.3 Å². The molecule has 2 aliphatic rings. The minimum atomic E-state index is -0.206. The molecule has 3 rings (SSSR count). The molecule has 134 valence electrons. The van der Waals surface area contributed by atoms with Crippen molar-refractivity contribution in [3.63, 3.8) is 0 Å². The average molecular weight is 383 g/mol. The summed E-state index contributed by atoms with van der Waals surface area (Å²) < 4.78 is 5.36. The number of rotatable bonds is 4. The first-order valence-corrected chi connectivity index (χ1v) is 8.96. The number of halogens is 2. The molecule has 0 spiro atoms. The standard InChI is InChI=1S/C18H20Cl2N2O3/c1-18(12-25-18)11-22-9-8-21(7-6-17(22)24)16(23)5-3-13-2-4-14(19)15(20)10-13/h2-5,10H,6-9,11-12H2,1H3/b5-3+. The molecule has 1 unspecified atom stereocenters. The van der Waals surface area contributed by atoms with Crippen molar-refractivity contribution >= 4 is 41.1 Å². The van der Waals surface area contributed by atoms with Gasteiger partial charge in [0, 0.05) is 32.1 Å². The van der Waals surface area contributed by atoms with E-state index in [0.29, 0.717) is 49.3 Å². The van der Waals surface area contributed by atoms with Gasteiger partial charge in [0.2, 0.25) is 11.8 Å². The second-order valence-corrected chi connectivity index (χ2v) is 7.45. The predicted molar refractivity (Wildman–Crippen MR) is 97.6 cm³/mol. The van der Waals surface area contributed by atoms with E-state index in [1.54, 1.807) is 34.1 Å². The van der Waals surface area contributed by atoms with Crippen LogP contribution in [0, 0.1) is 0 Å². The number of ether oxygens (including phenoxy) is 1. The molecule has 2 amide bonds. The Morgan fingerprint density at radius 3 is 2.72 bits per heavy atom. The fourth-order valence-electron chi connectivity index (χ4n) is 2.76. The molecular weight excluding hydrogens is 363 g/mol. The summed E-state index contributed by atoms with van der Waals surface area (Å²) in [5, 5.41) is 0.924. The van der Waals surface area contributed by atoms with Gasteiger partial charge < -0.3 is 14.5 Å². The molecule has 0 N–H and O–H groups in total. The molecular formula is C18H20Cl2N2O3. The molecule has 0 bridgehead atoms. The first kappa shape index (κ1) is 18.2. The van der Waals surface area contributed by atoms with E-state index in [1.807, 2.05) is 6.92 Å². The van der Waals surface area contributed by atoms with Gasteiger partial charge in [-0.2, -0.15) is 0 Å². The first-order valence-electron chi connectivity index (χ1n) is 8.20. The SMILES string of the molecule is CC1(CN2CCN(C(=O)/C=C/c3ccc(Cl)c(Cl)c3)CCC2=O)CO1. The topological polar surface area (TPSA) is 53.2 Å². The Balaban J connectivity index is 1.59. The summed E-state index contributed by atoms with van der Waals surface area (Å²) in [5.41, 5.74) is 0.594. The summed E-state index contributed by atoms with van der Waals surface area (Å²) >= 11 is 11.9. The predicted octanol–water partition coefficient (Wildman–Crippen LogP) is 2.86. The largest absolute Gasteiger partial charge is 0.368 e. The number of carbonyl (C=O) groups is 2. The van der Waals surface area contributed by atoms with E-state index in [0.717, 1.165) is 5.56 Å². The second-order valence-electron chi connectivity index (χ2n) is 6.64. The molecule has 0 radical (unpaired) electrons. The van der Waals surface area contributed by atoms with Crippen molar-refractivity contribution in [2.24, 2.45) is 0 Å². The Hall–Kier alpha value is -1.56. The van der Waals surface area contributed by atoms with E-state index in [-0.39, 0.29) is 17.4 Å². The Bertz CT molecular complexity index is 716. The van der Waals surface area contributed by atoms with Crippen molar-refractivity contribution in [2.75, 3.05) is 32.8 Å². The summed E-state index contributed by atoms with van der Waals surface area (Å²) in [6.45, 7) is 4.75. The number of hydrogen-bond donors (Lipinski definition) is 0. The molecule has 0 saturated carbocycles. The first-order chi connectivity index (χ1) is 11.9. The van der Waals surface area contributed by atoms with Crippen molar-refractivity contribution in [2.45, 2.75) is 18.9 Å². The lowest BCUT2D eigenvalue weighted by atomic mass is 10.2. The van der Waals surface area contributed by atoms with Crippen LogP contribution in [0.1, 0.15) is 18.9 Å². The Morgan fingerprint density at radius 1 is 1.28 bits per heavy atom. The van der Waals surface area contributed by atoms with Crippen LogP contribution in [0.3, 0.4) is 0 Å². The highest BCUT2D eigenvalue weighted by atomic mass is 35.5. The Morgan fingerprint density at radius 2 is 2.04 bits per heavy atom. The van der Waals surface area contributed by atoms with Crippen molar-refractivity contribution in [1.29, 1.82) is 0 Å². The van der Waals surface area contributed by atoms with E-state index < -0.39 is 0 Å². The fourth-order valence-corrected chi connectivity index (χ4v) is 3.07. The number of epoxide rings is 1. The molecule has 5 nitrogen and oxygen atoms in total. The van der Waals surface area contributed by atoms with Crippen molar-refractivity contribution in [1.82, 2.24) is 9.80 Å². The van der Waals surface area contributed by atoms with Gasteiger partial charge in [-0.3, -0.25) is 9.59 Å². The van der Waals surface area contributed by atoms with Crippen LogP contribution in [0.4, 0.5) is 0 Å². The summed E-state index contributed by atoms with van der Waals surface area (Å²) in [6, 6.07) is 5.19. The zero-order valence-corrected chi connectivity index (χ0v) is 15.5. The monoisotopic (exact) mass is 382 g/mol. The highest BCUT2D eigenvalue weighted by Gasteiger charge is 2.42. The van der Waals surface area contributed by atoms with E-state index in [1.165, 1.54) is 6.08 Å². The summed E-state index contributed by atoms with van der Waals surface area (Å²) in [6.07, 6.45) is 3.54. The van der Waals surface area contributed by atoms with Crippen LogP contribution in [0.5, 0.6) is 0 Å². The van der Waals surface area contributed by atoms with Crippen molar-refractivity contribution in [3.05, 3.63) is 39.9 Å². The van der Waals surface area contributed by atoms with E-state index >= 15 is 0 Å². The molecule has 1 atom stereocenters. The minimum absolute atomic E-state index is 0.0699. The molecule has 7 heteroatoms. The van der Waals surface area contributed by atoms with Gasteiger partial charge in [-0.05, 0) is 30.7 Å². The molecule has 2 aliphatic heterocycles. The maximum absolute atomic E-state index is 12.4. The Labute approximate surface area is 157 Å². The molecule has 0 aliphatic carbocycles. The zero-order chi connectivity index (χ0) is 18.0. The number of hydrogen-bond acceptors (Lipinski definition) is 3. The second kappa shape index (κ2) is 7.36. The van der Waals surface area contributed by atoms with Crippen LogP contribution in [-0.2, 0) is 14.3 Å². The fraction of sp³-hybridized carbons (Fsp3) is 0.444. The lowest BCUT2D eigenvalue weighted by molar-refractivity contribution is -0.131. The summed E-state index contributed by atoms with van der Waals surface area (Å²) in [7, 11) is 0. The normalized spacial score (nSPS) is 23.9. The van der Waals surface area contributed by atoms with Crippen LogP contribution in [0.15, 0.2) is 24.3 Å². The molecule has 25 heavy (non-hydrogen) atoms. The lowest BCUT2D eigenvalue weighted by Gasteiger charge is -2.23. The number of carbonyl (C=O) groups excluding carboxylic acids is 2. The number of amides is 2. The van der Waals surface area contributed by atoms with Gasteiger partial charge in [0.05, 0.1) is 23.2 Å². The quantitative estimate of drug-likeness (QED) is 0.594.